The van der Waals surface area contributed by atoms with Gasteiger partial charge >= 0.3 is 0 Å². The Morgan fingerprint density at radius 3 is 2.69 bits per heavy atom. The predicted octanol–water partition coefficient (Wildman–Crippen LogP) is 2.30. The average molecular weight is 217 g/mol. The van der Waals surface area contributed by atoms with E-state index in [1.165, 1.54) is 11.1 Å². The van der Waals surface area contributed by atoms with Crippen molar-refractivity contribution in [3.05, 3.63) is 30.0 Å². The van der Waals surface area contributed by atoms with Crippen LogP contribution in [0.3, 0.4) is 0 Å². The SMILES string of the molecule is Cc1c2ccccc2nn1CCCN(C)C. The minimum Gasteiger partial charge on any atom is -0.309 e. The van der Waals surface area contributed by atoms with Crippen LogP contribution in [0.15, 0.2) is 24.3 Å². The second kappa shape index (κ2) is 4.66. The van der Waals surface area contributed by atoms with Gasteiger partial charge in [0.15, 0.2) is 0 Å². The molecule has 1 aromatic heterocycles. The topological polar surface area (TPSA) is 21.1 Å². The van der Waals surface area contributed by atoms with Gasteiger partial charge in [-0.25, -0.2) is 0 Å². The molecule has 0 aliphatic carbocycles. The molecule has 2 aromatic rings. The summed E-state index contributed by atoms with van der Waals surface area (Å²) in [5, 5.41) is 5.88. The van der Waals surface area contributed by atoms with Crippen LogP contribution >= 0.6 is 0 Å². The Balaban J connectivity index is 2.15. The Morgan fingerprint density at radius 2 is 2.00 bits per heavy atom. The molecule has 0 bridgehead atoms. The fourth-order valence-electron chi connectivity index (χ4n) is 1.97. The van der Waals surface area contributed by atoms with E-state index in [0.717, 1.165) is 25.0 Å². The van der Waals surface area contributed by atoms with E-state index in [1.54, 1.807) is 0 Å². The molecule has 0 radical (unpaired) electrons. The molecule has 0 unspecified atom stereocenters. The van der Waals surface area contributed by atoms with Crippen molar-refractivity contribution >= 4 is 10.9 Å². The molecule has 3 heteroatoms. The molecule has 0 spiro atoms. The van der Waals surface area contributed by atoms with E-state index < -0.39 is 0 Å². The minimum atomic E-state index is 0.999. The molecule has 16 heavy (non-hydrogen) atoms. The number of benzene rings is 1. The van der Waals surface area contributed by atoms with E-state index >= 15 is 0 Å². The van der Waals surface area contributed by atoms with Crippen LogP contribution in [0.2, 0.25) is 0 Å². The molecular weight excluding hydrogens is 198 g/mol. The quantitative estimate of drug-likeness (QED) is 0.783. The summed E-state index contributed by atoms with van der Waals surface area (Å²) in [6.45, 7) is 4.25. The first-order chi connectivity index (χ1) is 7.68. The zero-order chi connectivity index (χ0) is 11.5. The maximum absolute atomic E-state index is 4.61. The molecule has 2 rings (SSSR count). The predicted molar refractivity (Wildman–Crippen MR) is 67.6 cm³/mol. The van der Waals surface area contributed by atoms with Gasteiger partial charge in [0.05, 0.1) is 5.52 Å². The summed E-state index contributed by atoms with van der Waals surface area (Å²) in [5.41, 5.74) is 2.37. The van der Waals surface area contributed by atoms with Crippen molar-refractivity contribution in [1.82, 2.24) is 14.7 Å². The third-order valence-electron chi connectivity index (χ3n) is 2.88. The lowest BCUT2D eigenvalue weighted by atomic mass is 10.2. The third-order valence-corrected chi connectivity index (χ3v) is 2.88. The van der Waals surface area contributed by atoms with Crippen molar-refractivity contribution in [2.75, 3.05) is 20.6 Å². The molecule has 0 fully saturated rings. The summed E-state index contributed by atoms with van der Waals surface area (Å²) < 4.78 is 2.12. The highest BCUT2D eigenvalue weighted by atomic mass is 15.3. The summed E-state index contributed by atoms with van der Waals surface area (Å²) in [7, 11) is 4.21. The molecule has 0 saturated heterocycles. The molecule has 0 aliphatic rings. The normalized spacial score (nSPS) is 11.5. The van der Waals surface area contributed by atoms with Crippen LogP contribution in [0.25, 0.3) is 10.9 Å². The summed E-state index contributed by atoms with van der Waals surface area (Å²) in [5.74, 6) is 0. The number of aryl methyl sites for hydroxylation is 2. The third kappa shape index (κ3) is 2.25. The number of hydrogen-bond donors (Lipinski definition) is 0. The van der Waals surface area contributed by atoms with Crippen molar-refractivity contribution in [2.45, 2.75) is 19.9 Å². The van der Waals surface area contributed by atoms with E-state index in [0.29, 0.717) is 0 Å². The summed E-state index contributed by atoms with van der Waals surface area (Å²) in [4.78, 5) is 2.21. The van der Waals surface area contributed by atoms with Crippen LogP contribution in [0.1, 0.15) is 12.1 Å². The second-order valence-electron chi connectivity index (χ2n) is 4.48. The Kier molecular flexibility index (Phi) is 3.25. The Morgan fingerprint density at radius 1 is 1.25 bits per heavy atom. The molecule has 0 N–H and O–H groups in total. The Hall–Kier alpha value is -1.35. The first-order valence-electron chi connectivity index (χ1n) is 5.75. The second-order valence-corrected chi connectivity index (χ2v) is 4.48. The van der Waals surface area contributed by atoms with Crippen molar-refractivity contribution in [3.8, 4) is 0 Å². The smallest absolute Gasteiger partial charge is 0.0926 e. The summed E-state index contributed by atoms with van der Waals surface area (Å²) in [6.07, 6.45) is 1.14. The van der Waals surface area contributed by atoms with Crippen molar-refractivity contribution in [2.24, 2.45) is 0 Å². The Bertz CT molecular complexity index is 471. The highest BCUT2D eigenvalue weighted by Crippen LogP contribution is 2.17. The lowest BCUT2D eigenvalue weighted by Crippen LogP contribution is -2.15. The average Bonchev–Trinajstić information content (AvgIpc) is 2.56. The summed E-state index contributed by atoms with van der Waals surface area (Å²) in [6, 6.07) is 8.32. The van der Waals surface area contributed by atoms with Gasteiger partial charge in [-0.2, -0.15) is 5.10 Å². The van der Waals surface area contributed by atoms with Gasteiger partial charge in [0.2, 0.25) is 0 Å². The van der Waals surface area contributed by atoms with Crippen LogP contribution in [-0.2, 0) is 6.54 Å². The molecule has 1 heterocycles. The fourth-order valence-corrected chi connectivity index (χ4v) is 1.97. The fraction of sp³-hybridized carbons (Fsp3) is 0.462. The molecular formula is C13H19N3. The number of aromatic nitrogens is 2. The first-order valence-corrected chi connectivity index (χ1v) is 5.75. The first kappa shape index (κ1) is 11.1. The van der Waals surface area contributed by atoms with Crippen molar-refractivity contribution < 1.29 is 0 Å². The van der Waals surface area contributed by atoms with Crippen LogP contribution in [-0.4, -0.2) is 35.3 Å². The molecule has 0 amide bonds. The molecule has 1 aromatic carbocycles. The number of fused-ring (bicyclic) bond motifs is 1. The van der Waals surface area contributed by atoms with Gasteiger partial charge in [-0.1, -0.05) is 18.2 Å². The van der Waals surface area contributed by atoms with Gasteiger partial charge in [-0.3, -0.25) is 4.68 Å². The van der Waals surface area contributed by atoms with E-state index in [1.807, 2.05) is 6.07 Å². The molecule has 3 nitrogen and oxygen atoms in total. The van der Waals surface area contributed by atoms with E-state index in [-0.39, 0.29) is 0 Å². The zero-order valence-corrected chi connectivity index (χ0v) is 10.3. The van der Waals surface area contributed by atoms with Gasteiger partial charge < -0.3 is 4.90 Å². The lowest BCUT2D eigenvalue weighted by molar-refractivity contribution is 0.380. The van der Waals surface area contributed by atoms with Gasteiger partial charge in [-0.15, -0.1) is 0 Å². The largest absolute Gasteiger partial charge is 0.309 e. The van der Waals surface area contributed by atoms with Crippen molar-refractivity contribution in [3.63, 3.8) is 0 Å². The van der Waals surface area contributed by atoms with E-state index in [4.69, 9.17) is 0 Å². The summed E-state index contributed by atoms with van der Waals surface area (Å²) >= 11 is 0. The van der Waals surface area contributed by atoms with Crippen LogP contribution in [0.5, 0.6) is 0 Å². The number of nitrogens with zero attached hydrogens (tertiary/aromatic N) is 3. The Labute approximate surface area is 96.7 Å². The van der Waals surface area contributed by atoms with Crippen LogP contribution in [0, 0.1) is 6.92 Å². The van der Waals surface area contributed by atoms with Gasteiger partial charge in [0, 0.05) is 17.6 Å². The van der Waals surface area contributed by atoms with Gasteiger partial charge in [0.1, 0.15) is 0 Å². The molecule has 0 atom stereocenters. The number of hydrogen-bond acceptors (Lipinski definition) is 2. The van der Waals surface area contributed by atoms with Crippen LogP contribution < -0.4 is 0 Å². The molecule has 0 aliphatic heterocycles. The number of rotatable bonds is 4. The maximum Gasteiger partial charge on any atom is 0.0926 e. The molecule has 86 valence electrons. The van der Waals surface area contributed by atoms with E-state index in [9.17, 15) is 0 Å². The lowest BCUT2D eigenvalue weighted by Gasteiger charge is -2.09. The maximum atomic E-state index is 4.61. The highest BCUT2D eigenvalue weighted by Gasteiger charge is 2.05. The molecule has 0 saturated carbocycles. The van der Waals surface area contributed by atoms with Crippen molar-refractivity contribution in [1.29, 1.82) is 0 Å². The standard InChI is InChI=1S/C13H19N3/c1-11-12-7-4-5-8-13(12)14-16(11)10-6-9-15(2)3/h4-5,7-8H,6,9-10H2,1-3H3. The highest BCUT2D eigenvalue weighted by molar-refractivity contribution is 5.81. The van der Waals surface area contributed by atoms with Crippen LogP contribution in [0.4, 0.5) is 0 Å². The van der Waals surface area contributed by atoms with Gasteiger partial charge in [0.25, 0.3) is 0 Å². The van der Waals surface area contributed by atoms with Gasteiger partial charge in [-0.05, 0) is 40.1 Å². The monoisotopic (exact) mass is 217 g/mol. The zero-order valence-electron chi connectivity index (χ0n) is 10.3. The van der Waals surface area contributed by atoms with E-state index in [2.05, 4.69) is 53.9 Å². The minimum absolute atomic E-state index is 0.999.